The van der Waals surface area contributed by atoms with Crippen LogP contribution in [0, 0.1) is 0 Å². The molecular formula is C12H23N5. The molecule has 0 unspecified atom stereocenters. The van der Waals surface area contributed by atoms with Crippen molar-refractivity contribution in [1.82, 2.24) is 9.97 Å². The Kier molecular flexibility index (Phi) is 4.69. The Hall–Kier alpha value is -1.36. The van der Waals surface area contributed by atoms with E-state index in [1.54, 1.807) is 6.33 Å². The minimum Gasteiger partial charge on any atom is -0.370 e. The monoisotopic (exact) mass is 237 g/mol. The van der Waals surface area contributed by atoms with Crippen LogP contribution in [0.3, 0.4) is 0 Å². The maximum absolute atomic E-state index is 5.99. The number of hydrogen-bond acceptors (Lipinski definition) is 5. The molecule has 1 aromatic rings. The zero-order valence-corrected chi connectivity index (χ0v) is 11.2. The number of hydrogen-bond donors (Lipinski definition) is 2. The van der Waals surface area contributed by atoms with Gasteiger partial charge in [0, 0.05) is 31.7 Å². The van der Waals surface area contributed by atoms with E-state index in [4.69, 9.17) is 5.73 Å². The average molecular weight is 237 g/mol. The van der Waals surface area contributed by atoms with E-state index in [1.165, 1.54) is 0 Å². The Morgan fingerprint density at radius 1 is 1.41 bits per heavy atom. The highest BCUT2D eigenvalue weighted by Crippen LogP contribution is 2.14. The predicted molar refractivity (Wildman–Crippen MR) is 72.3 cm³/mol. The second-order valence-corrected chi connectivity index (χ2v) is 5.03. The summed E-state index contributed by atoms with van der Waals surface area (Å²) in [5.41, 5.74) is 5.75. The number of anilines is 2. The molecule has 3 N–H and O–H groups in total. The van der Waals surface area contributed by atoms with E-state index in [0.29, 0.717) is 0 Å². The van der Waals surface area contributed by atoms with Gasteiger partial charge in [-0.05, 0) is 20.3 Å². The van der Waals surface area contributed by atoms with Crippen LogP contribution in [-0.2, 0) is 0 Å². The summed E-state index contributed by atoms with van der Waals surface area (Å²) >= 11 is 0. The number of likely N-dealkylation sites (N-methyl/N-ethyl adjacent to an activating group) is 1. The van der Waals surface area contributed by atoms with Crippen molar-refractivity contribution >= 4 is 11.6 Å². The van der Waals surface area contributed by atoms with Gasteiger partial charge >= 0.3 is 0 Å². The fraction of sp³-hybridized carbons (Fsp3) is 0.667. The lowest BCUT2D eigenvalue weighted by Crippen LogP contribution is -2.44. The normalized spacial score (nSPS) is 11.4. The Balaban J connectivity index is 2.70. The summed E-state index contributed by atoms with van der Waals surface area (Å²) in [6, 6.07) is 1.95. The number of aromatic nitrogens is 2. The molecule has 0 saturated carbocycles. The molecule has 0 aliphatic rings. The second kappa shape index (κ2) is 5.82. The van der Waals surface area contributed by atoms with E-state index in [9.17, 15) is 0 Å². The highest BCUT2D eigenvalue weighted by Gasteiger charge is 2.15. The summed E-state index contributed by atoms with van der Waals surface area (Å²) in [6.07, 6.45) is 2.65. The Morgan fingerprint density at radius 3 is 2.71 bits per heavy atom. The largest absolute Gasteiger partial charge is 0.370 e. The zero-order chi connectivity index (χ0) is 12.9. The summed E-state index contributed by atoms with van der Waals surface area (Å²) in [6.45, 7) is 7.79. The second-order valence-electron chi connectivity index (χ2n) is 5.03. The van der Waals surface area contributed by atoms with Crippen molar-refractivity contribution in [2.24, 2.45) is 5.73 Å². The smallest absolute Gasteiger partial charge is 0.133 e. The van der Waals surface area contributed by atoms with Gasteiger partial charge in [0.1, 0.15) is 18.0 Å². The first-order valence-electron chi connectivity index (χ1n) is 5.98. The molecule has 0 aliphatic carbocycles. The third-order valence-electron chi connectivity index (χ3n) is 2.24. The van der Waals surface area contributed by atoms with E-state index in [0.717, 1.165) is 31.1 Å². The van der Waals surface area contributed by atoms with Gasteiger partial charge in [-0.1, -0.05) is 6.92 Å². The third-order valence-corrected chi connectivity index (χ3v) is 2.24. The van der Waals surface area contributed by atoms with Crippen LogP contribution in [0.1, 0.15) is 27.2 Å². The molecule has 5 heteroatoms. The number of nitrogens with one attached hydrogen (secondary N) is 1. The maximum atomic E-state index is 5.99. The zero-order valence-electron chi connectivity index (χ0n) is 11.2. The van der Waals surface area contributed by atoms with Crippen molar-refractivity contribution in [3.05, 3.63) is 12.4 Å². The average Bonchev–Trinajstić information content (AvgIpc) is 2.24. The number of nitrogens with zero attached hydrogens (tertiary/aromatic N) is 3. The summed E-state index contributed by atoms with van der Waals surface area (Å²) in [5, 5.41) is 3.24. The van der Waals surface area contributed by atoms with E-state index in [1.807, 2.05) is 31.9 Å². The first-order chi connectivity index (χ1) is 7.92. The fourth-order valence-corrected chi connectivity index (χ4v) is 1.60. The molecule has 0 bridgehead atoms. The van der Waals surface area contributed by atoms with Crippen molar-refractivity contribution in [3.8, 4) is 0 Å². The lowest BCUT2D eigenvalue weighted by molar-refractivity contribution is 0.517. The summed E-state index contributed by atoms with van der Waals surface area (Å²) in [4.78, 5) is 10.5. The molecule has 0 aromatic carbocycles. The topological polar surface area (TPSA) is 67.1 Å². The molecule has 0 aliphatic heterocycles. The van der Waals surface area contributed by atoms with Gasteiger partial charge in [0.05, 0.1) is 0 Å². The molecule has 1 aromatic heterocycles. The van der Waals surface area contributed by atoms with Crippen molar-refractivity contribution in [2.75, 3.05) is 30.4 Å². The molecule has 1 rings (SSSR count). The highest BCUT2D eigenvalue weighted by molar-refractivity contribution is 5.48. The number of nitrogens with two attached hydrogens (primary N) is 1. The van der Waals surface area contributed by atoms with Crippen LogP contribution >= 0.6 is 0 Å². The van der Waals surface area contributed by atoms with E-state index < -0.39 is 0 Å². The molecule has 0 atom stereocenters. The van der Waals surface area contributed by atoms with Crippen molar-refractivity contribution in [2.45, 2.75) is 32.7 Å². The lowest BCUT2D eigenvalue weighted by Gasteiger charge is -2.27. The molecule has 0 spiro atoms. The van der Waals surface area contributed by atoms with Crippen LogP contribution in [-0.4, -0.2) is 35.6 Å². The number of rotatable bonds is 6. The van der Waals surface area contributed by atoms with E-state index in [-0.39, 0.29) is 5.54 Å². The first-order valence-corrected chi connectivity index (χ1v) is 5.98. The van der Waals surface area contributed by atoms with E-state index in [2.05, 4.69) is 22.2 Å². The van der Waals surface area contributed by atoms with Crippen LogP contribution in [0.15, 0.2) is 12.4 Å². The molecule has 1 heterocycles. The van der Waals surface area contributed by atoms with Gasteiger partial charge in [-0.15, -0.1) is 0 Å². The quantitative estimate of drug-likeness (QED) is 0.784. The highest BCUT2D eigenvalue weighted by atomic mass is 15.2. The van der Waals surface area contributed by atoms with Crippen molar-refractivity contribution in [3.63, 3.8) is 0 Å². The minimum absolute atomic E-state index is 0.239. The van der Waals surface area contributed by atoms with Crippen LogP contribution in [0.5, 0.6) is 0 Å². The van der Waals surface area contributed by atoms with Crippen molar-refractivity contribution < 1.29 is 0 Å². The molecule has 5 nitrogen and oxygen atoms in total. The Morgan fingerprint density at radius 2 is 2.12 bits per heavy atom. The molecule has 0 saturated heterocycles. The third kappa shape index (κ3) is 4.99. The standard InChI is InChI=1S/C12H23N5/c1-5-6-14-10-7-11(16-9-15-10)17(4)8-12(2,3)13/h7,9H,5-6,8,13H2,1-4H3,(H,14,15,16). The summed E-state index contributed by atoms with van der Waals surface area (Å²) in [5.74, 6) is 1.75. The van der Waals surface area contributed by atoms with Gasteiger partial charge in [0.2, 0.25) is 0 Å². The predicted octanol–water partition coefficient (Wildman–Crippen LogP) is 1.47. The molecule has 0 radical (unpaired) electrons. The Bertz CT molecular complexity index is 345. The molecule has 0 amide bonds. The molecule has 96 valence electrons. The first kappa shape index (κ1) is 13.7. The van der Waals surface area contributed by atoms with Crippen molar-refractivity contribution in [1.29, 1.82) is 0 Å². The van der Waals surface area contributed by atoms with Gasteiger partial charge in [0.15, 0.2) is 0 Å². The summed E-state index contributed by atoms with van der Waals surface area (Å²) in [7, 11) is 1.99. The van der Waals surface area contributed by atoms with E-state index >= 15 is 0 Å². The maximum Gasteiger partial charge on any atom is 0.133 e. The summed E-state index contributed by atoms with van der Waals surface area (Å²) < 4.78 is 0. The minimum atomic E-state index is -0.239. The van der Waals surface area contributed by atoms with Crippen LogP contribution in [0.4, 0.5) is 11.6 Å². The van der Waals surface area contributed by atoms with Crippen LogP contribution in [0.2, 0.25) is 0 Å². The van der Waals surface area contributed by atoms with Crippen LogP contribution in [0.25, 0.3) is 0 Å². The van der Waals surface area contributed by atoms with Gasteiger partial charge < -0.3 is 16.0 Å². The van der Waals surface area contributed by atoms with Gasteiger partial charge in [-0.3, -0.25) is 0 Å². The Labute approximate surface area is 103 Å². The van der Waals surface area contributed by atoms with Crippen LogP contribution < -0.4 is 16.0 Å². The molecule has 17 heavy (non-hydrogen) atoms. The lowest BCUT2D eigenvalue weighted by atomic mass is 10.1. The molecular weight excluding hydrogens is 214 g/mol. The molecule has 0 fully saturated rings. The van der Waals surface area contributed by atoms with Gasteiger partial charge in [-0.25, -0.2) is 9.97 Å². The fourth-order valence-electron chi connectivity index (χ4n) is 1.60. The SMILES string of the molecule is CCCNc1cc(N(C)CC(C)(C)N)ncn1. The van der Waals surface area contributed by atoms with Gasteiger partial charge in [-0.2, -0.15) is 0 Å². The van der Waals surface area contributed by atoms with Gasteiger partial charge in [0.25, 0.3) is 0 Å².